The monoisotopic (exact) mass is 410 g/mol. The number of nitrogens with one attached hydrogen (secondary N) is 1. The van der Waals surface area contributed by atoms with Crippen LogP contribution >= 0.6 is 11.3 Å². The van der Waals surface area contributed by atoms with Crippen molar-refractivity contribution in [2.24, 2.45) is 0 Å². The summed E-state index contributed by atoms with van der Waals surface area (Å²) >= 11 is 1.35. The van der Waals surface area contributed by atoms with Crippen LogP contribution in [-0.2, 0) is 21.2 Å². The Hall–Kier alpha value is -1.88. The maximum atomic E-state index is 12.6. The van der Waals surface area contributed by atoms with E-state index in [9.17, 15) is 13.2 Å². The zero-order chi connectivity index (χ0) is 19.3. The molecule has 1 amide bonds. The molecule has 146 valence electrons. The number of nitrogens with zero attached hydrogens (tertiary/aromatic N) is 3. The Labute approximate surface area is 162 Å². The highest BCUT2D eigenvalue weighted by molar-refractivity contribution is 7.89. The minimum atomic E-state index is -3.57. The van der Waals surface area contributed by atoms with E-state index in [1.165, 1.54) is 39.9 Å². The van der Waals surface area contributed by atoms with Gasteiger partial charge in [-0.3, -0.25) is 10.1 Å². The molecule has 8 nitrogen and oxygen atoms in total. The number of aryl methyl sites for hydroxylation is 1. The van der Waals surface area contributed by atoms with Crippen molar-refractivity contribution in [3.8, 4) is 0 Å². The average molecular weight is 411 g/mol. The van der Waals surface area contributed by atoms with E-state index in [0.717, 1.165) is 24.3 Å². The molecule has 0 saturated carbocycles. The van der Waals surface area contributed by atoms with Gasteiger partial charge in [0.05, 0.1) is 18.1 Å². The first-order valence-electron chi connectivity index (χ1n) is 8.82. The van der Waals surface area contributed by atoms with E-state index in [0.29, 0.717) is 37.0 Å². The first-order valence-corrected chi connectivity index (χ1v) is 11.1. The van der Waals surface area contributed by atoms with Crippen molar-refractivity contribution in [2.75, 3.05) is 31.6 Å². The van der Waals surface area contributed by atoms with E-state index in [2.05, 4.69) is 22.4 Å². The lowest BCUT2D eigenvalue weighted by Gasteiger charge is -2.26. The minimum absolute atomic E-state index is 0.165. The molecule has 2 heterocycles. The lowest BCUT2D eigenvalue weighted by atomic mass is 10.2. The number of carbonyl (C=O) groups is 1. The Morgan fingerprint density at radius 2 is 1.93 bits per heavy atom. The summed E-state index contributed by atoms with van der Waals surface area (Å²) in [6.07, 6.45) is 2.95. The Kier molecular flexibility index (Phi) is 6.53. The van der Waals surface area contributed by atoms with Crippen LogP contribution < -0.4 is 5.32 Å². The molecule has 0 unspecified atom stereocenters. The number of anilines is 1. The normalized spacial score (nSPS) is 15.6. The standard InChI is InChI=1S/C17H22N4O4S2/c1-2-3-4-15-19-20-17(26-15)18-16(22)13-5-7-14(8-6-13)27(23,24)21-9-11-25-12-10-21/h5-8H,2-4,9-12H2,1H3,(H,18,20,22). The second-order valence-electron chi connectivity index (χ2n) is 6.10. The van der Waals surface area contributed by atoms with Gasteiger partial charge in [0.1, 0.15) is 5.01 Å². The van der Waals surface area contributed by atoms with Crippen molar-refractivity contribution in [2.45, 2.75) is 31.1 Å². The molecule has 0 aliphatic carbocycles. The minimum Gasteiger partial charge on any atom is -0.379 e. The van der Waals surface area contributed by atoms with Crippen LogP contribution in [0.5, 0.6) is 0 Å². The van der Waals surface area contributed by atoms with Gasteiger partial charge in [-0.1, -0.05) is 24.7 Å². The highest BCUT2D eigenvalue weighted by atomic mass is 32.2. The largest absolute Gasteiger partial charge is 0.379 e. The third-order valence-corrected chi connectivity index (χ3v) is 6.97. The Balaban J connectivity index is 1.65. The van der Waals surface area contributed by atoms with Gasteiger partial charge < -0.3 is 4.74 Å². The maximum absolute atomic E-state index is 12.6. The summed E-state index contributed by atoms with van der Waals surface area (Å²) in [4.78, 5) is 12.5. The second-order valence-corrected chi connectivity index (χ2v) is 9.10. The molecule has 2 aromatic rings. The zero-order valence-corrected chi connectivity index (χ0v) is 16.7. The molecule has 1 fully saturated rings. The highest BCUT2D eigenvalue weighted by Crippen LogP contribution is 2.20. The summed E-state index contributed by atoms with van der Waals surface area (Å²) in [6.45, 7) is 3.56. The Morgan fingerprint density at radius 1 is 1.22 bits per heavy atom. The lowest BCUT2D eigenvalue weighted by Crippen LogP contribution is -2.40. The maximum Gasteiger partial charge on any atom is 0.257 e. The van der Waals surface area contributed by atoms with Crippen LogP contribution in [0.3, 0.4) is 0 Å². The van der Waals surface area contributed by atoms with Crippen LogP contribution in [0.15, 0.2) is 29.2 Å². The number of unbranched alkanes of at least 4 members (excludes halogenated alkanes) is 1. The third-order valence-electron chi connectivity index (χ3n) is 4.16. The smallest absolute Gasteiger partial charge is 0.257 e. The number of carbonyl (C=O) groups excluding carboxylic acids is 1. The SMILES string of the molecule is CCCCc1nnc(NC(=O)c2ccc(S(=O)(=O)N3CCOCC3)cc2)s1. The van der Waals surface area contributed by atoms with Crippen LogP contribution in [0.1, 0.15) is 35.1 Å². The van der Waals surface area contributed by atoms with Crippen molar-refractivity contribution in [1.82, 2.24) is 14.5 Å². The predicted molar refractivity (Wildman–Crippen MR) is 102 cm³/mol. The fourth-order valence-corrected chi connectivity index (χ4v) is 4.80. The topological polar surface area (TPSA) is 101 Å². The van der Waals surface area contributed by atoms with Crippen LogP contribution in [0.2, 0.25) is 0 Å². The Bertz CT molecular complexity index is 875. The first-order chi connectivity index (χ1) is 13.0. The van der Waals surface area contributed by atoms with Gasteiger partial charge in [0.15, 0.2) is 0 Å². The number of ether oxygens (including phenoxy) is 1. The first kappa shape index (κ1) is 19.9. The number of amides is 1. The summed E-state index contributed by atoms with van der Waals surface area (Å²) in [5.74, 6) is -0.344. The van der Waals surface area contributed by atoms with Crippen molar-refractivity contribution < 1.29 is 17.9 Å². The Morgan fingerprint density at radius 3 is 2.59 bits per heavy atom. The molecule has 10 heteroatoms. The number of sulfonamides is 1. The second kappa shape index (κ2) is 8.87. The van der Waals surface area contributed by atoms with E-state index >= 15 is 0 Å². The predicted octanol–water partition coefficient (Wildman–Crippen LogP) is 2.15. The molecule has 0 bridgehead atoms. The molecule has 1 aliphatic rings. The van der Waals surface area contributed by atoms with Crippen molar-refractivity contribution in [1.29, 1.82) is 0 Å². The fraction of sp³-hybridized carbons (Fsp3) is 0.471. The van der Waals surface area contributed by atoms with Crippen molar-refractivity contribution in [3.05, 3.63) is 34.8 Å². The lowest BCUT2D eigenvalue weighted by molar-refractivity contribution is 0.0730. The van der Waals surface area contributed by atoms with Crippen LogP contribution in [-0.4, -0.2) is 55.1 Å². The van der Waals surface area contributed by atoms with Crippen molar-refractivity contribution >= 4 is 32.4 Å². The molecular formula is C17H22N4O4S2. The molecule has 1 aromatic heterocycles. The van der Waals surface area contributed by atoms with Gasteiger partial charge in [0.2, 0.25) is 15.2 Å². The number of rotatable bonds is 7. The van der Waals surface area contributed by atoms with E-state index in [-0.39, 0.29) is 10.8 Å². The molecule has 27 heavy (non-hydrogen) atoms. The third kappa shape index (κ3) is 4.89. The molecule has 0 spiro atoms. The number of hydrogen-bond donors (Lipinski definition) is 1. The zero-order valence-electron chi connectivity index (χ0n) is 15.1. The molecule has 1 N–H and O–H groups in total. The van der Waals surface area contributed by atoms with E-state index in [1.54, 1.807) is 0 Å². The van der Waals surface area contributed by atoms with Gasteiger partial charge in [-0.05, 0) is 30.7 Å². The van der Waals surface area contributed by atoms with Crippen LogP contribution in [0, 0.1) is 0 Å². The molecule has 1 aliphatic heterocycles. The molecular weight excluding hydrogens is 388 g/mol. The summed E-state index contributed by atoms with van der Waals surface area (Å²) in [5, 5.41) is 12.1. The number of aromatic nitrogens is 2. The summed E-state index contributed by atoms with van der Waals surface area (Å²) in [6, 6.07) is 5.91. The number of morpholine rings is 1. The summed E-state index contributed by atoms with van der Waals surface area (Å²) in [5.41, 5.74) is 0.362. The molecule has 0 radical (unpaired) electrons. The highest BCUT2D eigenvalue weighted by Gasteiger charge is 2.26. The fourth-order valence-electron chi connectivity index (χ4n) is 2.62. The molecule has 1 aromatic carbocycles. The van der Waals surface area contributed by atoms with Gasteiger partial charge in [-0.15, -0.1) is 10.2 Å². The average Bonchev–Trinajstić information content (AvgIpc) is 3.14. The van der Waals surface area contributed by atoms with E-state index in [1.807, 2.05) is 0 Å². The van der Waals surface area contributed by atoms with E-state index in [4.69, 9.17) is 4.74 Å². The van der Waals surface area contributed by atoms with Gasteiger partial charge in [-0.2, -0.15) is 4.31 Å². The van der Waals surface area contributed by atoms with Gasteiger partial charge in [0, 0.05) is 25.1 Å². The van der Waals surface area contributed by atoms with Crippen LogP contribution in [0.4, 0.5) is 5.13 Å². The van der Waals surface area contributed by atoms with Crippen LogP contribution in [0.25, 0.3) is 0 Å². The van der Waals surface area contributed by atoms with Gasteiger partial charge in [-0.25, -0.2) is 8.42 Å². The molecule has 3 rings (SSSR count). The number of benzene rings is 1. The quantitative estimate of drug-likeness (QED) is 0.750. The number of hydrogen-bond acceptors (Lipinski definition) is 7. The summed E-state index contributed by atoms with van der Waals surface area (Å²) in [7, 11) is -3.57. The van der Waals surface area contributed by atoms with Crippen molar-refractivity contribution in [3.63, 3.8) is 0 Å². The van der Waals surface area contributed by atoms with E-state index < -0.39 is 10.0 Å². The molecule has 1 saturated heterocycles. The van der Waals surface area contributed by atoms with Gasteiger partial charge in [0.25, 0.3) is 5.91 Å². The molecule has 0 atom stereocenters. The summed E-state index contributed by atoms with van der Waals surface area (Å²) < 4.78 is 31.8. The van der Waals surface area contributed by atoms with Gasteiger partial charge >= 0.3 is 0 Å².